The molecule has 156 valence electrons. The van der Waals surface area contributed by atoms with Gasteiger partial charge in [-0.05, 0) is 50.6 Å². The van der Waals surface area contributed by atoms with Crippen LogP contribution in [0, 0.1) is 11.3 Å². The van der Waals surface area contributed by atoms with E-state index in [0.29, 0.717) is 37.5 Å². The van der Waals surface area contributed by atoms with Crippen molar-refractivity contribution in [1.29, 1.82) is 5.26 Å². The highest BCUT2D eigenvalue weighted by atomic mass is 16.5. The van der Waals surface area contributed by atoms with Gasteiger partial charge in [-0.3, -0.25) is 4.79 Å². The highest BCUT2D eigenvalue weighted by Gasteiger charge is 2.21. The molecule has 0 spiro atoms. The van der Waals surface area contributed by atoms with E-state index in [1.165, 1.54) is 6.08 Å². The van der Waals surface area contributed by atoms with E-state index < -0.39 is 0 Å². The quantitative estimate of drug-likeness (QED) is 0.480. The first-order chi connectivity index (χ1) is 14.6. The minimum atomic E-state index is -0.256. The Bertz CT molecular complexity index is 962. The highest BCUT2D eigenvalue weighted by Crippen LogP contribution is 2.35. The molecule has 0 saturated heterocycles. The summed E-state index contributed by atoms with van der Waals surface area (Å²) in [6.07, 6.45) is 5.33. The molecule has 6 heteroatoms. The Morgan fingerprint density at radius 3 is 3.00 bits per heavy atom. The van der Waals surface area contributed by atoms with Gasteiger partial charge in [0.2, 0.25) is 5.91 Å². The number of carbonyl (C=O) groups excluding carboxylic acids is 1. The average molecular weight is 406 g/mol. The maximum atomic E-state index is 12.4. The van der Waals surface area contributed by atoms with E-state index in [-0.39, 0.29) is 12.0 Å². The first kappa shape index (κ1) is 21.3. The van der Waals surface area contributed by atoms with Crippen molar-refractivity contribution < 1.29 is 19.0 Å². The first-order valence-corrected chi connectivity index (χ1v) is 10.1. The van der Waals surface area contributed by atoms with Gasteiger partial charge in [0.05, 0.1) is 19.3 Å². The standard InChI is InChI=1S/C24H26N2O4/c1-3-28-22-15-19-13-17(2)30-23(19)14-18(22)9-10-24(27)26-20-7-6-8-21(16-20)29-12-5-4-11-25/h6-10,14-17H,3-5,12-13H2,1-2H3,(H,26,27)/b10-9+. The molecule has 1 aliphatic rings. The second kappa shape index (κ2) is 10.4. The third-order valence-electron chi connectivity index (χ3n) is 4.55. The Morgan fingerprint density at radius 1 is 1.33 bits per heavy atom. The monoisotopic (exact) mass is 406 g/mol. The third kappa shape index (κ3) is 5.77. The van der Waals surface area contributed by atoms with E-state index in [0.717, 1.165) is 29.0 Å². The fourth-order valence-electron chi connectivity index (χ4n) is 3.22. The number of nitrogens with one attached hydrogen (secondary N) is 1. The van der Waals surface area contributed by atoms with Crippen LogP contribution in [0.1, 0.15) is 37.8 Å². The van der Waals surface area contributed by atoms with Crippen molar-refractivity contribution in [3.63, 3.8) is 0 Å². The lowest BCUT2D eigenvalue weighted by Gasteiger charge is -2.10. The van der Waals surface area contributed by atoms with Crippen LogP contribution in [0.25, 0.3) is 6.08 Å². The molecular weight excluding hydrogens is 380 g/mol. The summed E-state index contributed by atoms with van der Waals surface area (Å²) in [5.74, 6) is 1.98. The summed E-state index contributed by atoms with van der Waals surface area (Å²) in [6.45, 7) is 4.97. The molecule has 30 heavy (non-hydrogen) atoms. The van der Waals surface area contributed by atoms with Crippen LogP contribution in [0.5, 0.6) is 17.2 Å². The second-order valence-corrected chi connectivity index (χ2v) is 7.02. The van der Waals surface area contributed by atoms with E-state index in [1.54, 1.807) is 18.2 Å². The van der Waals surface area contributed by atoms with Crippen molar-refractivity contribution in [3.8, 4) is 23.3 Å². The molecule has 0 aliphatic carbocycles. The van der Waals surface area contributed by atoms with Crippen molar-refractivity contribution in [3.05, 3.63) is 53.6 Å². The van der Waals surface area contributed by atoms with Crippen LogP contribution in [-0.2, 0) is 11.2 Å². The number of hydrogen-bond acceptors (Lipinski definition) is 5. The molecule has 1 N–H and O–H groups in total. The van der Waals surface area contributed by atoms with Crippen LogP contribution in [0.15, 0.2) is 42.5 Å². The Balaban J connectivity index is 1.65. The number of carbonyl (C=O) groups is 1. The molecule has 0 saturated carbocycles. The Labute approximate surface area is 177 Å². The fourth-order valence-corrected chi connectivity index (χ4v) is 3.22. The van der Waals surface area contributed by atoms with Gasteiger partial charge in [-0.15, -0.1) is 0 Å². The number of nitrogens with zero attached hydrogens (tertiary/aromatic N) is 1. The van der Waals surface area contributed by atoms with Crippen molar-refractivity contribution in [2.24, 2.45) is 0 Å². The molecule has 2 aromatic carbocycles. The van der Waals surface area contributed by atoms with Gasteiger partial charge in [0.25, 0.3) is 0 Å². The van der Waals surface area contributed by atoms with Crippen molar-refractivity contribution in [1.82, 2.24) is 0 Å². The molecule has 3 rings (SSSR count). The van der Waals surface area contributed by atoms with Crippen molar-refractivity contribution in [2.75, 3.05) is 18.5 Å². The number of fused-ring (bicyclic) bond motifs is 1. The van der Waals surface area contributed by atoms with E-state index in [4.69, 9.17) is 19.5 Å². The maximum Gasteiger partial charge on any atom is 0.248 e. The lowest BCUT2D eigenvalue weighted by molar-refractivity contribution is -0.111. The minimum Gasteiger partial charge on any atom is -0.493 e. The smallest absolute Gasteiger partial charge is 0.248 e. The summed E-state index contributed by atoms with van der Waals surface area (Å²) < 4.78 is 17.2. The zero-order chi connectivity index (χ0) is 21.3. The van der Waals surface area contributed by atoms with Crippen molar-refractivity contribution in [2.45, 2.75) is 39.2 Å². The van der Waals surface area contributed by atoms with Crippen LogP contribution in [0.3, 0.4) is 0 Å². The number of anilines is 1. The fraction of sp³-hybridized carbons (Fsp3) is 0.333. The van der Waals surface area contributed by atoms with Gasteiger partial charge in [-0.25, -0.2) is 0 Å². The zero-order valence-corrected chi connectivity index (χ0v) is 17.3. The van der Waals surface area contributed by atoms with Crippen LogP contribution >= 0.6 is 0 Å². The summed E-state index contributed by atoms with van der Waals surface area (Å²) in [5.41, 5.74) is 2.56. The van der Waals surface area contributed by atoms with E-state index in [1.807, 2.05) is 38.1 Å². The number of ether oxygens (including phenoxy) is 3. The largest absolute Gasteiger partial charge is 0.493 e. The van der Waals surface area contributed by atoms with Crippen LogP contribution < -0.4 is 19.5 Å². The van der Waals surface area contributed by atoms with Gasteiger partial charge in [-0.2, -0.15) is 5.26 Å². The molecule has 1 heterocycles. The highest BCUT2D eigenvalue weighted by molar-refractivity contribution is 6.02. The van der Waals surface area contributed by atoms with Gasteiger partial charge < -0.3 is 19.5 Å². The normalized spacial score (nSPS) is 14.6. The predicted molar refractivity (Wildman–Crippen MR) is 116 cm³/mol. The molecule has 1 amide bonds. The zero-order valence-electron chi connectivity index (χ0n) is 17.3. The summed E-state index contributed by atoms with van der Waals surface area (Å²) in [6, 6.07) is 13.2. The lowest BCUT2D eigenvalue weighted by atomic mass is 10.1. The SMILES string of the molecule is CCOc1cc2c(cc1/C=C/C(=O)Nc1cccc(OCCCC#N)c1)OC(C)C2. The molecular formula is C24H26N2O4. The number of unbranched alkanes of at least 4 members (excludes halogenated alkanes) is 1. The molecule has 0 fully saturated rings. The summed E-state index contributed by atoms with van der Waals surface area (Å²) in [5, 5.41) is 11.4. The molecule has 6 nitrogen and oxygen atoms in total. The number of benzene rings is 2. The Morgan fingerprint density at radius 2 is 2.20 bits per heavy atom. The van der Waals surface area contributed by atoms with Gasteiger partial charge >= 0.3 is 0 Å². The van der Waals surface area contributed by atoms with Crippen LogP contribution in [0.4, 0.5) is 5.69 Å². The minimum absolute atomic E-state index is 0.145. The van der Waals surface area contributed by atoms with E-state index in [9.17, 15) is 4.79 Å². The molecule has 1 unspecified atom stereocenters. The second-order valence-electron chi connectivity index (χ2n) is 7.02. The van der Waals surface area contributed by atoms with E-state index >= 15 is 0 Å². The Hall–Kier alpha value is -3.46. The number of hydrogen-bond donors (Lipinski definition) is 1. The van der Waals surface area contributed by atoms with Crippen molar-refractivity contribution >= 4 is 17.7 Å². The summed E-state index contributed by atoms with van der Waals surface area (Å²) >= 11 is 0. The van der Waals surface area contributed by atoms with Gasteiger partial charge in [0, 0.05) is 41.8 Å². The topological polar surface area (TPSA) is 80.6 Å². The van der Waals surface area contributed by atoms with E-state index in [2.05, 4.69) is 11.4 Å². The number of nitriles is 1. The first-order valence-electron chi connectivity index (χ1n) is 10.1. The molecule has 0 aromatic heterocycles. The molecule has 1 atom stereocenters. The van der Waals surface area contributed by atoms with Crippen LogP contribution in [0.2, 0.25) is 0 Å². The summed E-state index contributed by atoms with van der Waals surface area (Å²) in [4.78, 5) is 12.4. The number of amides is 1. The van der Waals surface area contributed by atoms with Gasteiger partial charge in [0.1, 0.15) is 23.4 Å². The Kier molecular flexibility index (Phi) is 7.34. The lowest BCUT2D eigenvalue weighted by Crippen LogP contribution is -2.08. The summed E-state index contributed by atoms with van der Waals surface area (Å²) in [7, 11) is 0. The van der Waals surface area contributed by atoms with Gasteiger partial charge in [0.15, 0.2) is 0 Å². The predicted octanol–water partition coefficient (Wildman–Crippen LogP) is 4.74. The average Bonchev–Trinajstić information content (AvgIpc) is 3.09. The molecule has 1 aliphatic heterocycles. The molecule has 0 radical (unpaired) electrons. The molecule has 2 aromatic rings. The van der Waals surface area contributed by atoms with Crippen LogP contribution in [-0.4, -0.2) is 25.2 Å². The van der Waals surface area contributed by atoms with Gasteiger partial charge in [-0.1, -0.05) is 6.07 Å². The third-order valence-corrected chi connectivity index (χ3v) is 4.55. The maximum absolute atomic E-state index is 12.4. The molecule has 0 bridgehead atoms. The number of rotatable bonds is 9.